The number of hydrogen-bond acceptors (Lipinski definition) is 7. The van der Waals surface area contributed by atoms with Gasteiger partial charge in [-0.25, -0.2) is 14.4 Å². The lowest BCUT2D eigenvalue weighted by Gasteiger charge is -2.16. The number of hydrogen-bond donors (Lipinski definition) is 1. The first-order valence-electron chi connectivity index (χ1n) is 8.52. The van der Waals surface area contributed by atoms with E-state index in [0.717, 1.165) is 12.5 Å². The number of carbonyl (C=O) groups is 4. The van der Waals surface area contributed by atoms with Crippen LogP contribution in [0.3, 0.4) is 0 Å². The van der Waals surface area contributed by atoms with Crippen molar-refractivity contribution in [1.29, 1.82) is 0 Å². The SMILES string of the molecule is C=C(C)C(=O)O.C=CC(=O)OC1CCOC1=O.O=C1OC2C3C=CC2C1C3. The van der Waals surface area contributed by atoms with Crippen LogP contribution in [-0.4, -0.2) is 47.8 Å². The highest BCUT2D eigenvalue weighted by Gasteiger charge is 2.56. The summed E-state index contributed by atoms with van der Waals surface area (Å²) in [6, 6.07) is 0. The number of carboxylic acids is 1. The summed E-state index contributed by atoms with van der Waals surface area (Å²) < 4.78 is 14.3. The molecule has 8 nitrogen and oxygen atoms in total. The molecule has 0 aromatic heterocycles. The third-order valence-corrected chi connectivity index (χ3v) is 4.60. The van der Waals surface area contributed by atoms with Gasteiger partial charge in [-0.2, -0.15) is 0 Å². The molecule has 4 rings (SSSR count). The molecule has 2 aliphatic carbocycles. The molecule has 5 atom stereocenters. The van der Waals surface area contributed by atoms with Crippen molar-refractivity contribution in [3.05, 3.63) is 37.0 Å². The van der Waals surface area contributed by atoms with Crippen LogP contribution in [-0.2, 0) is 33.4 Å². The van der Waals surface area contributed by atoms with Crippen LogP contribution in [0.1, 0.15) is 19.8 Å². The maximum Gasteiger partial charge on any atom is 0.347 e. The smallest absolute Gasteiger partial charge is 0.347 e. The van der Waals surface area contributed by atoms with Crippen molar-refractivity contribution < 1.29 is 38.5 Å². The summed E-state index contributed by atoms with van der Waals surface area (Å²) in [7, 11) is 0. The average molecular weight is 378 g/mol. The molecule has 1 N–H and O–H groups in total. The van der Waals surface area contributed by atoms with E-state index >= 15 is 0 Å². The number of ether oxygens (including phenoxy) is 3. The standard InChI is InChI=1S/C8H8O2.C7H8O4.C4H6O2/c9-8-6-3-4-1-2-5(6)7(4)10-8;1-2-6(8)11-5-3-4-10-7(5)9;1-3(2)4(5)6/h1-2,4-7H,3H2;2,5H,1,3-4H2;1H2,2H3,(H,5,6). The van der Waals surface area contributed by atoms with Gasteiger partial charge in [0, 0.05) is 29.9 Å². The van der Waals surface area contributed by atoms with Gasteiger partial charge < -0.3 is 19.3 Å². The summed E-state index contributed by atoms with van der Waals surface area (Å²) in [6.07, 6.45) is 6.36. The van der Waals surface area contributed by atoms with E-state index in [-0.39, 0.29) is 23.6 Å². The first-order chi connectivity index (χ1) is 12.7. The number of aliphatic carboxylic acids is 1. The maximum atomic E-state index is 11.0. The fourth-order valence-corrected chi connectivity index (χ4v) is 3.22. The Labute approximate surface area is 156 Å². The summed E-state index contributed by atoms with van der Waals surface area (Å²) >= 11 is 0. The zero-order chi connectivity index (χ0) is 20.1. The van der Waals surface area contributed by atoms with Crippen LogP contribution in [0.4, 0.5) is 0 Å². The molecule has 2 aliphatic heterocycles. The lowest BCUT2D eigenvalue weighted by Crippen LogP contribution is -2.21. The highest BCUT2D eigenvalue weighted by Crippen LogP contribution is 2.50. The van der Waals surface area contributed by atoms with Crippen molar-refractivity contribution in [3.8, 4) is 0 Å². The normalized spacial score (nSPS) is 30.9. The Bertz CT molecular complexity index is 680. The van der Waals surface area contributed by atoms with Crippen molar-refractivity contribution in [3.63, 3.8) is 0 Å². The third kappa shape index (κ3) is 4.84. The number of carboxylic acid groups (broad SMARTS) is 1. The molecule has 0 amide bonds. The minimum Gasteiger partial charge on any atom is -0.478 e. The fraction of sp³-hybridized carbons (Fsp3) is 0.474. The zero-order valence-electron chi connectivity index (χ0n) is 15.0. The Morgan fingerprint density at radius 2 is 1.96 bits per heavy atom. The van der Waals surface area contributed by atoms with Gasteiger partial charge >= 0.3 is 23.9 Å². The van der Waals surface area contributed by atoms with Gasteiger partial charge in [-0.15, -0.1) is 0 Å². The Morgan fingerprint density at radius 3 is 2.37 bits per heavy atom. The molecule has 8 heteroatoms. The van der Waals surface area contributed by atoms with E-state index in [1.165, 1.54) is 6.92 Å². The minimum atomic E-state index is -0.935. The summed E-state index contributed by atoms with van der Waals surface area (Å²) in [5, 5.41) is 7.89. The molecule has 4 bridgehead atoms. The third-order valence-electron chi connectivity index (χ3n) is 4.60. The van der Waals surface area contributed by atoms with Crippen LogP contribution < -0.4 is 0 Å². The monoisotopic (exact) mass is 378 g/mol. The molecule has 5 unspecified atom stereocenters. The Hall–Kier alpha value is -2.90. The van der Waals surface area contributed by atoms with Crippen molar-refractivity contribution in [2.24, 2.45) is 17.8 Å². The van der Waals surface area contributed by atoms with E-state index in [4.69, 9.17) is 9.84 Å². The van der Waals surface area contributed by atoms with Gasteiger partial charge in [-0.05, 0) is 13.3 Å². The van der Waals surface area contributed by atoms with Gasteiger partial charge in [-0.1, -0.05) is 25.3 Å². The van der Waals surface area contributed by atoms with Crippen molar-refractivity contribution in [1.82, 2.24) is 0 Å². The Balaban J connectivity index is 0.000000152. The molecular formula is C19H22O8. The second-order valence-corrected chi connectivity index (χ2v) is 6.54. The van der Waals surface area contributed by atoms with Crippen LogP contribution in [0.5, 0.6) is 0 Å². The predicted octanol–water partition coefficient (Wildman–Crippen LogP) is 1.41. The van der Waals surface area contributed by atoms with Gasteiger partial charge in [0.05, 0.1) is 12.5 Å². The van der Waals surface area contributed by atoms with E-state index < -0.39 is 24.0 Å². The first-order valence-corrected chi connectivity index (χ1v) is 8.52. The van der Waals surface area contributed by atoms with Crippen LogP contribution >= 0.6 is 0 Å². The lowest BCUT2D eigenvalue weighted by molar-refractivity contribution is -0.156. The highest BCUT2D eigenvalue weighted by molar-refractivity contribution is 5.85. The topological polar surface area (TPSA) is 116 Å². The van der Waals surface area contributed by atoms with Crippen molar-refractivity contribution in [2.45, 2.75) is 32.0 Å². The van der Waals surface area contributed by atoms with Gasteiger partial charge in [-0.3, -0.25) is 4.79 Å². The molecular weight excluding hydrogens is 356 g/mol. The molecule has 27 heavy (non-hydrogen) atoms. The van der Waals surface area contributed by atoms with E-state index in [1.807, 2.05) is 0 Å². The zero-order valence-corrected chi connectivity index (χ0v) is 15.0. The average Bonchev–Trinajstić information content (AvgIpc) is 3.37. The van der Waals surface area contributed by atoms with Crippen molar-refractivity contribution >= 4 is 23.9 Å². The number of cyclic esters (lactones) is 1. The fourth-order valence-electron chi connectivity index (χ4n) is 3.22. The van der Waals surface area contributed by atoms with E-state index in [1.54, 1.807) is 0 Å². The number of esters is 3. The quantitative estimate of drug-likeness (QED) is 0.339. The first kappa shape index (κ1) is 20.4. The largest absolute Gasteiger partial charge is 0.478 e. The molecule has 3 fully saturated rings. The van der Waals surface area contributed by atoms with E-state index in [9.17, 15) is 19.2 Å². The summed E-state index contributed by atoms with van der Waals surface area (Å²) in [5.41, 5.74) is 0.176. The molecule has 1 saturated carbocycles. The minimum absolute atomic E-state index is 0.0376. The van der Waals surface area contributed by atoms with E-state index in [0.29, 0.717) is 24.9 Å². The molecule has 2 heterocycles. The molecule has 0 radical (unpaired) electrons. The number of carbonyl (C=O) groups excluding carboxylic acids is 3. The van der Waals surface area contributed by atoms with Crippen LogP contribution in [0.25, 0.3) is 0 Å². The summed E-state index contributed by atoms with van der Waals surface area (Å²) in [5.74, 6) is -0.732. The molecule has 0 spiro atoms. The summed E-state index contributed by atoms with van der Waals surface area (Å²) in [4.78, 5) is 41.8. The molecule has 146 valence electrons. The molecule has 0 aromatic rings. The number of rotatable bonds is 3. The van der Waals surface area contributed by atoms with Gasteiger partial charge in [0.15, 0.2) is 0 Å². The predicted molar refractivity (Wildman–Crippen MR) is 92.2 cm³/mol. The van der Waals surface area contributed by atoms with Crippen molar-refractivity contribution in [2.75, 3.05) is 6.61 Å². The van der Waals surface area contributed by atoms with Crippen LogP contribution in [0, 0.1) is 17.8 Å². The highest BCUT2D eigenvalue weighted by atomic mass is 16.6. The summed E-state index contributed by atoms with van der Waals surface area (Å²) in [6.45, 7) is 8.13. The second kappa shape index (κ2) is 8.66. The van der Waals surface area contributed by atoms with Crippen LogP contribution in [0.2, 0.25) is 0 Å². The Kier molecular flexibility index (Phi) is 6.55. The Morgan fingerprint density at radius 1 is 1.30 bits per heavy atom. The van der Waals surface area contributed by atoms with Gasteiger partial charge in [0.25, 0.3) is 0 Å². The second-order valence-electron chi connectivity index (χ2n) is 6.54. The molecule has 4 aliphatic rings. The van der Waals surface area contributed by atoms with E-state index in [2.05, 4.69) is 34.8 Å². The molecule has 2 saturated heterocycles. The van der Waals surface area contributed by atoms with Gasteiger partial charge in [0.1, 0.15) is 6.10 Å². The molecule has 0 aromatic carbocycles. The maximum absolute atomic E-state index is 11.0. The van der Waals surface area contributed by atoms with Crippen LogP contribution in [0.15, 0.2) is 37.0 Å². The van der Waals surface area contributed by atoms with Gasteiger partial charge in [0.2, 0.25) is 6.10 Å². The lowest BCUT2D eigenvalue weighted by atomic mass is 9.95.